The summed E-state index contributed by atoms with van der Waals surface area (Å²) >= 11 is 5.03. The first kappa shape index (κ1) is 13.8. The zero-order valence-electron chi connectivity index (χ0n) is 11.4. The first-order chi connectivity index (χ1) is 9.65. The van der Waals surface area contributed by atoms with Crippen LogP contribution in [0.1, 0.15) is 32.8 Å². The summed E-state index contributed by atoms with van der Waals surface area (Å²) in [6.45, 7) is 3.58. The number of nitrogens with zero attached hydrogens (tertiary/aromatic N) is 1. The second kappa shape index (κ2) is 5.70. The lowest BCUT2D eigenvalue weighted by Gasteiger charge is -2.20. The van der Waals surface area contributed by atoms with E-state index in [0.29, 0.717) is 0 Å². The molecule has 0 spiro atoms. The van der Waals surface area contributed by atoms with Crippen LogP contribution >= 0.6 is 27.3 Å². The van der Waals surface area contributed by atoms with Crippen molar-refractivity contribution >= 4 is 33.2 Å². The van der Waals surface area contributed by atoms with E-state index in [-0.39, 0.29) is 5.91 Å². The van der Waals surface area contributed by atoms with Crippen LogP contribution in [0.3, 0.4) is 0 Å². The Bertz CT molecular complexity index is 630. The molecule has 0 radical (unpaired) electrons. The lowest BCUT2D eigenvalue weighted by molar-refractivity contribution is 0.0751. The number of rotatable bonds is 1. The van der Waals surface area contributed by atoms with E-state index in [9.17, 15) is 4.79 Å². The van der Waals surface area contributed by atoms with Crippen LogP contribution in [0.4, 0.5) is 0 Å². The minimum absolute atomic E-state index is 0.153. The van der Waals surface area contributed by atoms with Gasteiger partial charge in [0.1, 0.15) is 0 Å². The number of halogens is 1. The maximum Gasteiger partial charge on any atom is 0.264 e. The van der Waals surface area contributed by atoms with Crippen molar-refractivity contribution in [3.05, 3.63) is 55.7 Å². The number of thiophene rings is 1. The van der Waals surface area contributed by atoms with Gasteiger partial charge in [0.2, 0.25) is 0 Å². The average Bonchev–Trinajstić information content (AvgIpc) is 2.67. The Morgan fingerprint density at radius 3 is 2.75 bits per heavy atom. The highest BCUT2D eigenvalue weighted by atomic mass is 79.9. The van der Waals surface area contributed by atoms with Gasteiger partial charge in [-0.05, 0) is 58.5 Å². The van der Waals surface area contributed by atoms with E-state index in [1.54, 1.807) is 0 Å². The molecule has 0 bridgehead atoms. The smallest absolute Gasteiger partial charge is 0.264 e. The van der Waals surface area contributed by atoms with Crippen LogP contribution in [0.5, 0.6) is 0 Å². The Morgan fingerprint density at radius 1 is 1.30 bits per heavy atom. The SMILES string of the molecule is Cc1cc(C(=O)N2CCCc3ccccc3C2)sc1Br. The summed E-state index contributed by atoms with van der Waals surface area (Å²) in [5, 5.41) is 0. The molecular weight excluding hydrogens is 334 g/mol. The van der Waals surface area contributed by atoms with Gasteiger partial charge in [0, 0.05) is 13.1 Å². The van der Waals surface area contributed by atoms with Crippen LogP contribution in [0.25, 0.3) is 0 Å². The molecule has 1 aromatic carbocycles. The third-order valence-corrected chi connectivity index (χ3v) is 5.83. The molecule has 0 saturated carbocycles. The van der Waals surface area contributed by atoms with Gasteiger partial charge in [0.05, 0.1) is 8.66 Å². The number of amides is 1. The standard InChI is InChI=1S/C16H16BrNOS/c1-11-9-14(20-15(11)17)16(19)18-8-4-7-12-5-2-3-6-13(12)10-18/h2-3,5-6,9H,4,7-8,10H2,1H3. The van der Waals surface area contributed by atoms with Gasteiger partial charge in [-0.25, -0.2) is 0 Å². The topological polar surface area (TPSA) is 20.3 Å². The molecular formula is C16H16BrNOS. The highest BCUT2D eigenvalue weighted by Gasteiger charge is 2.21. The molecule has 2 nitrogen and oxygen atoms in total. The third-order valence-electron chi connectivity index (χ3n) is 3.71. The quantitative estimate of drug-likeness (QED) is 0.746. The van der Waals surface area contributed by atoms with Crippen molar-refractivity contribution < 1.29 is 4.79 Å². The number of aryl methyl sites for hydroxylation is 2. The molecule has 4 heteroatoms. The Labute approximate surface area is 131 Å². The summed E-state index contributed by atoms with van der Waals surface area (Å²) in [5.41, 5.74) is 3.80. The molecule has 20 heavy (non-hydrogen) atoms. The van der Waals surface area contributed by atoms with Gasteiger partial charge in [-0.3, -0.25) is 4.79 Å². The molecule has 0 unspecified atom stereocenters. The normalized spacial score (nSPS) is 14.8. The van der Waals surface area contributed by atoms with Crippen LogP contribution in [0, 0.1) is 6.92 Å². The Kier molecular flexibility index (Phi) is 3.94. The molecule has 0 N–H and O–H groups in total. The predicted molar refractivity (Wildman–Crippen MR) is 86.3 cm³/mol. The van der Waals surface area contributed by atoms with E-state index in [1.165, 1.54) is 22.5 Å². The Morgan fingerprint density at radius 2 is 2.05 bits per heavy atom. The van der Waals surface area contributed by atoms with Gasteiger partial charge in [-0.1, -0.05) is 24.3 Å². The van der Waals surface area contributed by atoms with Gasteiger partial charge < -0.3 is 4.90 Å². The van der Waals surface area contributed by atoms with E-state index < -0.39 is 0 Å². The van der Waals surface area contributed by atoms with Crippen LogP contribution in [0.2, 0.25) is 0 Å². The fourth-order valence-electron chi connectivity index (χ4n) is 2.60. The summed E-state index contributed by atoms with van der Waals surface area (Å²) in [5.74, 6) is 0.153. The average molecular weight is 350 g/mol. The van der Waals surface area contributed by atoms with E-state index in [4.69, 9.17) is 0 Å². The van der Waals surface area contributed by atoms with Crippen molar-refractivity contribution in [3.63, 3.8) is 0 Å². The van der Waals surface area contributed by atoms with Crippen LogP contribution in [-0.4, -0.2) is 17.4 Å². The fraction of sp³-hybridized carbons (Fsp3) is 0.312. The van der Waals surface area contributed by atoms with Crippen LogP contribution in [-0.2, 0) is 13.0 Å². The fourth-order valence-corrected chi connectivity index (χ4v) is 4.10. The van der Waals surface area contributed by atoms with Crippen molar-refractivity contribution in [3.8, 4) is 0 Å². The number of benzene rings is 1. The first-order valence-corrected chi connectivity index (χ1v) is 8.38. The van der Waals surface area contributed by atoms with Crippen LogP contribution in [0.15, 0.2) is 34.1 Å². The second-order valence-corrected chi connectivity index (χ2v) is 7.54. The molecule has 0 aliphatic carbocycles. The summed E-state index contributed by atoms with van der Waals surface area (Å²) in [6, 6.07) is 10.4. The molecule has 2 aromatic rings. The number of hydrogen-bond acceptors (Lipinski definition) is 2. The summed E-state index contributed by atoms with van der Waals surface area (Å²) < 4.78 is 1.05. The highest BCUT2D eigenvalue weighted by Crippen LogP contribution is 2.29. The lowest BCUT2D eigenvalue weighted by Crippen LogP contribution is -2.30. The van der Waals surface area contributed by atoms with Crippen molar-refractivity contribution in [1.82, 2.24) is 4.90 Å². The van der Waals surface area contributed by atoms with Gasteiger partial charge >= 0.3 is 0 Å². The van der Waals surface area contributed by atoms with Gasteiger partial charge in [0.25, 0.3) is 5.91 Å². The van der Waals surface area contributed by atoms with Gasteiger partial charge in [0.15, 0.2) is 0 Å². The van der Waals surface area contributed by atoms with Crippen molar-refractivity contribution in [2.45, 2.75) is 26.3 Å². The van der Waals surface area contributed by atoms with E-state index >= 15 is 0 Å². The molecule has 3 rings (SSSR count). The maximum atomic E-state index is 12.6. The van der Waals surface area contributed by atoms with Crippen LogP contribution < -0.4 is 0 Å². The Hall–Kier alpha value is -1.13. The summed E-state index contributed by atoms with van der Waals surface area (Å²) in [6.07, 6.45) is 2.10. The lowest BCUT2D eigenvalue weighted by atomic mass is 10.0. The van der Waals surface area contributed by atoms with Crippen molar-refractivity contribution in [2.24, 2.45) is 0 Å². The molecule has 0 fully saturated rings. The second-order valence-electron chi connectivity index (χ2n) is 5.17. The molecule has 1 aliphatic heterocycles. The number of carbonyl (C=O) groups is 1. The number of fused-ring (bicyclic) bond motifs is 1. The Balaban J connectivity index is 1.86. The number of hydrogen-bond donors (Lipinski definition) is 0. The summed E-state index contributed by atoms with van der Waals surface area (Å²) in [4.78, 5) is 15.4. The highest BCUT2D eigenvalue weighted by molar-refractivity contribution is 9.11. The van der Waals surface area contributed by atoms with Crippen molar-refractivity contribution in [1.29, 1.82) is 0 Å². The summed E-state index contributed by atoms with van der Waals surface area (Å²) in [7, 11) is 0. The molecule has 1 aliphatic rings. The zero-order chi connectivity index (χ0) is 14.1. The molecule has 104 valence electrons. The monoisotopic (exact) mass is 349 g/mol. The molecule has 2 heterocycles. The van der Waals surface area contributed by atoms with E-state index in [1.807, 2.05) is 17.9 Å². The largest absolute Gasteiger partial charge is 0.334 e. The van der Waals surface area contributed by atoms with E-state index in [0.717, 1.165) is 40.2 Å². The molecule has 0 atom stereocenters. The van der Waals surface area contributed by atoms with Gasteiger partial charge in [-0.15, -0.1) is 11.3 Å². The van der Waals surface area contributed by atoms with E-state index in [2.05, 4.69) is 40.2 Å². The third kappa shape index (κ3) is 2.67. The first-order valence-electron chi connectivity index (χ1n) is 6.77. The molecule has 1 aromatic heterocycles. The molecule has 0 saturated heterocycles. The van der Waals surface area contributed by atoms with Gasteiger partial charge in [-0.2, -0.15) is 0 Å². The maximum absolute atomic E-state index is 12.6. The molecule has 1 amide bonds. The minimum atomic E-state index is 0.153. The minimum Gasteiger partial charge on any atom is -0.334 e. The number of carbonyl (C=O) groups excluding carboxylic acids is 1. The zero-order valence-corrected chi connectivity index (χ0v) is 13.8. The predicted octanol–water partition coefficient (Wildman–Crippen LogP) is 4.41. The van der Waals surface area contributed by atoms with Crippen molar-refractivity contribution in [2.75, 3.05) is 6.54 Å².